The van der Waals surface area contributed by atoms with Crippen molar-refractivity contribution < 1.29 is 21.6 Å². The molecule has 0 aromatic heterocycles. The standard InChI is InChI=1S/C11H11F3N2O2S/c12-11(13,14)8-16-4-5-19(17,18)10-3-1-2-9(6-10)7-15/h1-3,6,16H,4-5,8H2. The minimum Gasteiger partial charge on any atom is -0.308 e. The highest BCUT2D eigenvalue weighted by Crippen LogP contribution is 2.14. The van der Waals surface area contributed by atoms with Crippen LogP contribution in [0.5, 0.6) is 0 Å². The van der Waals surface area contributed by atoms with E-state index in [1.807, 2.05) is 5.32 Å². The van der Waals surface area contributed by atoms with Crippen molar-refractivity contribution in [2.75, 3.05) is 18.8 Å². The largest absolute Gasteiger partial charge is 0.401 e. The topological polar surface area (TPSA) is 70.0 Å². The van der Waals surface area contributed by atoms with Gasteiger partial charge < -0.3 is 5.32 Å². The maximum Gasteiger partial charge on any atom is 0.401 e. The van der Waals surface area contributed by atoms with E-state index in [2.05, 4.69) is 0 Å². The molecule has 8 heteroatoms. The first-order chi connectivity index (χ1) is 8.74. The van der Waals surface area contributed by atoms with Crippen molar-refractivity contribution >= 4 is 9.84 Å². The Balaban J connectivity index is 2.64. The van der Waals surface area contributed by atoms with Crippen molar-refractivity contribution in [1.82, 2.24) is 5.32 Å². The van der Waals surface area contributed by atoms with Gasteiger partial charge in [0, 0.05) is 6.54 Å². The van der Waals surface area contributed by atoms with Crippen LogP contribution >= 0.6 is 0 Å². The van der Waals surface area contributed by atoms with Crippen LogP contribution in [-0.4, -0.2) is 33.4 Å². The van der Waals surface area contributed by atoms with E-state index in [-0.39, 0.29) is 17.0 Å². The first-order valence-corrected chi connectivity index (χ1v) is 6.90. The number of sulfone groups is 1. The van der Waals surface area contributed by atoms with E-state index in [4.69, 9.17) is 5.26 Å². The lowest BCUT2D eigenvalue weighted by molar-refractivity contribution is -0.124. The quantitative estimate of drug-likeness (QED) is 0.835. The lowest BCUT2D eigenvalue weighted by Crippen LogP contribution is -2.32. The van der Waals surface area contributed by atoms with E-state index in [1.54, 1.807) is 6.07 Å². The normalized spacial score (nSPS) is 12.1. The predicted molar refractivity (Wildman–Crippen MR) is 62.1 cm³/mol. The van der Waals surface area contributed by atoms with Crippen molar-refractivity contribution in [3.05, 3.63) is 29.8 Å². The van der Waals surface area contributed by atoms with Gasteiger partial charge in [-0.2, -0.15) is 18.4 Å². The highest BCUT2D eigenvalue weighted by Gasteiger charge is 2.26. The Morgan fingerprint density at radius 3 is 2.58 bits per heavy atom. The van der Waals surface area contributed by atoms with Gasteiger partial charge in [0.15, 0.2) is 9.84 Å². The number of benzene rings is 1. The summed E-state index contributed by atoms with van der Waals surface area (Å²) in [7, 11) is -3.69. The van der Waals surface area contributed by atoms with Crippen LogP contribution in [0.4, 0.5) is 13.2 Å². The summed E-state index contributed by atoms with van der Waals surface area (Å²) in [4.78, 5) is -0.0691. The molecule has 0 aliphatic carbocycles. The minimum absolute atomic E-state index is 0.0691. The summed E-state index contributed by atoms with van der Waals surface area (Å²) in [5, 5.41) is 10.7. The molecule has 0 saturated carbocycles. The Morgan fingerprint density at radius 1 is 1.32 bits per heavy atom. The molecule has 0 amide bonds. The van der Waals surface area contributed by atoms with E-state index in [9.17, 15) is 21.6 Å². The Morgan fingerprint density at radius 2 is 2.00 bits per heavy atom. The van der Waals surface area contributed by atoms with Crippen molar-refractivity contribution in [3.63, 3.8) is 0 Å². The lowest BCUT2D eigenvalue weighted by Gasteiger charge is -2.08. The molecule has 0 fully saturated rings. The van der Waals surface area contributed by atoms with Crippen LogP contribution < -0.4 is 5.32 Å². The summed E-state index contributed by atoms with van der Waals surface area (Å²) < 4.78 is 59.1. The summed E-state index contributed by atoms with van der Waals surface area (Å²) in [6.45, 7) is -1.54. The molecule has 1 aromatic carbocycles. The zero-order chi connectivity index (χ0) is 14.5. The van der Waals surface area contributed by atoms with E-state index >= 15 is 0 Å². The number of alkyl halides is 3. The van der Waals surface area contributed by atoms with Gasteiger partial charge in [-0.25, -0.2) is 8.42 Å². The van der Waals surface area contributed by atoms with Gasteiger partial charge in [-0.3, -0.25) is 0 Å². The number of rotatable bonds is 5. The van der Waals surface area contributed by atoms with Gasteiger partial charge in [0.25, 0.3) is 0 Å². The average molecular weight is 292 g/mol. The van der Waals surface area contributed by atoms with Crippen LogP contribution in [-0.2, 0) is 9.84 Å². The second kappa shape index (κ2) is 6.04. The average Bonchev–Trinajstić information content (AvgIpc) is 2.34. The van der Waals surface area contributed by atoms with Crippen LogP contribution in [0.15, 0.2) is 29.2 Å². The number of nitrogens with zero attached hydrogens (tertiary/aromatic N) is 1. The third-order valence-electron chi connectivity index (χ3n) is 2.20. The first-order valence-electron chi connectivity index (χ1n) is 5.25. The van der Waals surface area contributed by atoms with Crippen molar-refractivity contribution in [3.8, 4) is 6.07 Å². The van der Waals surface area contributed by atoms with Crippen LogP contribution in [0, 0.1) is 11.3 Å². The third-order valence-corrected chi connectivity index (χ3v) is 3.91. The zero-order valence-electron chi connectivity index (χ0n) is 9.74. The summed E-state index contributed by atoms with van der Waals surface area (Å²) in [5.41, 5.74) is 0.185. The fourth-order valence-electron chi connectivity index (χ4n) is 1.31. The first kappa shape index (κ1) is 15.5. The van der Waals surface area contributed by atoms with E-state index in [0.717, 1.165) is 0 Å². The van der Waals surface area contributed by atoms with Crippen LogP contribution in [0.1, 0.15) is 5.56 Å². The molecule has 0 radical (unpaired) electrons. The SMILES string of the molecule is N#Cc1cccc(S(=O)(=O)CCNCC(F)(F)F)c1. The Hall–Kier alpha value is -1.59. The molecule has 1 rings (SSSR count). The number of hydrogen-bond acceptors (Lipinski definition) is 4. The van der Waals surface area contributed by atoms with Crippen LogP contribution in [0.3, 0.4) is 0 Å². The van der Waals surface area contributed by atoms with Gasteiger partial charge in [-0.05, 0) is 18.2 Å². The molecule has 0 saturated heterocycles. The molecule has 0 heterocycles. The van der Waals surface area contributed by atoms with Crippen LogP contribution in [0.25, 0.3) is 0 Å². The molecule has 0 unspecified atom stereocenters. The van der Waals surface area contributed by atoms with Gasteiger partial charge in [0.1, 0.15) is 0 Å². The van der Waals surface area contributed by atoms with Crippen molar-refractivity contribution in [2.24, 2.45) is 0 Å². The zero-order valence-corrected chi connectivity index (χ0v) is 10.6. The van der Waals surface area contributed by atoms with Crippen LogP contribution in [0.2, 0.25) is 0 Å². The second-order valence-corrected chi connectivity index (χ2v) is 5.86. The number of hydrogen-bond donors (Lipinski definition) is 1. The Kier molecular flexibility index (Phi) is 4.91. The second-order valence-electron chi connectivity index (χ2n) is 3.75. The summed E-state index contributed by atoms with van der Waals surface area (Å²) >= 11 is 0. The van der Waals surface area contributed by atoms with Crippen molar-refractivity contribution in [2.45, 2.75) is 11.1 Å². The number of nitriles is 1. The lowest BCUT2D eigenvalue weighted by atomic mass is 10.2. The summed E-state index contributed by atoms with van der Waals surface area (Å²) in [6.07, 6.45) is -4.37. The van der Waals surface area contributed by atoms with Gasteiger partial charge >= 0.3 is 6.18 Å². The number of nitrogens with one attached hydrogen (secondary N) is 1. The minimum atomic E-state index is -4.37. The third kappa shape index (κ3) is 5.28. The number of halogens is 3. The Labute approximate surface area is 108 Å². The molecule has 0 aliphatic heterocycles. The molecule has 0 aliphatic rings. The van der Waals surface area contributed by atoms with Gasteiger partial charge in [0.05, 0.1) is 28.8 Å². The Bertz CT molecular complexity index is 576. The molecular formula is C11H11F3N2O2S. The predicted octanol–water partition coefficient (Wildman–Crippen LogP) is 1.48. The molecule has 0 spiro atoms. The molecule has 0 bridgehead atoms. The fourth-order valence-corrected chi connectivity index (χ4v) is 2.55. The summed E-state index contributed by atoms with van der Waals surface area (Å²) in [6, 6.07) is 7.15. The monoisotopic (exact) mass is 292 g/mol. The molecule has 104 valence electrons. The van der Waals surface area contributed by atoms with Gasteiger partial charge in [-0.1, -0.05) is 6.07 Å². The summed E-state index contributed by atoms with van der Waals surface area (Å²) in [5.74, 6) is -0.460. The van der Waals surface area contributed by atoms with Gasteiger partial charge in [-0.15, -0.1) is 0 Å². The maximum absolute atomic E-state index is 11.8. The van der Waals surface area contributed by atoms with E-state index in [1.165, 1.54) is 24.3 Å². The fraction of sp³-hybridized carbons (Fsp3) is 0.364. The molecule has 1 aromatic rings. The molecule has 4 nitrogen and oxygen atoms in total. The highest BCUT2D eigenvalue weighted by molar-refractivity contribution is 7.91. The molecule has 19 heavy (non-hydrogen) atoms. The molecular weight excluding hydrogens is 281 g/mol. The smallest absolute Gasteiger partial charge is 0.308 e. The van der Waals surface area contributed by atoms with E-state index < -0.39 is 28.3 Å². The van der Waals surface area contributed by atoms with Crippen molar-refractivity contribution in [1.29, 1.82) is 5.26 Å². The van der Waals surface area contributed by atoms with E-state index in [0.29, 0.717) is 0 Å². The molecule has 1 N–H and O–H groups in total. The van der Waals surface area contributed by atoms with Gasteiger partial charge in [0.2, 0.25) is 0 Å². The molecule has 0 atom stereocenters. The highest BCUT2D eigenvalue weighted by atomic mass is 32.2. The maximum atomic E-state index is 11.8.